The Morgan fingerprint density at radius 3 is 2.56 bits per heavy atom. The van der Waals surface area contributed by atoms with Gasteiger partial charge in [0.25, 0.3) is 0 Å². The van der Waals surface area contributed by atoms with Gasteiger partial charge in [0.05, 0.1) is 6.61 Å². The van der Waals surface area contributed by atoms with Gasteiger partial charge in [-0.15, -0.1) is 24.0 Å². The van der Waals surface area contributed by atoms with E-state index in [1.165, 1.54) is 25.7 Å². The van der Waals surface area contributed by atoms with Crippen molar-refractivity contribution in [1.82, 2.24) is 5.32 Å². The standard InChI is InChI=1S/C13H27N3O.HI/c1-11(2)9-13(5-4-6-13)10-16-12(14)15-7-8-17-3;/h11H,4-10H2,1-3H3,(H3,14,15,16);1H. The van der Waals surface area contributed by atoms with E-state index in [0.717, 1.165) is 19.0 Å². The van der Waals surface area contributed by atoms with E-state index < -0.39 is 0 Å². The van der Waals surface area contributed by atoms with Crippen molar-refractivity contribution in [3.63, 3.8) is 0 Å². The van der Waals surface area contributed by atoms with Crippen molar-refractivity contribution in [2.24, 2.45) is 22.1 Å². The summed E-state index contributed by atoms with van der Waals surface area (Å²) in [6, 6.07) is 0. The van der Waals surface area contributed by atoms with Crippen LogP contribution in [-0.2, 0) is 4.74 Å². The van der Waals surface area contributed by atoms with E-state index in [1.807, 2.05) is 0 Å². The molecule has 0 aromatic carbocycles. The summed E-state index contributed by atoms with van der Waals surface area (Å²) in [5.74, 6) is 1.30. The van der Waals surface area contributed by atoms with Crippen LogP contribution in [0.15, 0.2) is 4.99 Å². The third-order valence-corrected chi connectivity index (χ3v) is 3.45. The number of hydrogen-bond acceptors (Lipinski definition) is 2. The van der Waals surface area contributed by atoms with Crippen molar-refractivity contribution in [2.45, 2.75) is 39.5 Å². The lowest BCUT2D eigenvalue weighted by atomic mass is 9.64. The monoisotopic (exact) mass is 369 g/mol. The Kier molecular flexibility index (Phi) is 8.94. The molecule has 18 heavy (non-hydrogen) atoms. The molecule has 1 rings (SSSR count). The maximum atomic E-state index is 5.81. The number of guanidine groups is 1. The van der Waals surface area contributed by atoms with Crippen LogP contribution in [0, 0.1) is 11.3 Å². The Morgan fingerprint density at radius 1 is 1.44 bits per heavy atom. The number of halogens is 1. The zero-order valence-corrected chi connectivity index (χ0v) is 14.2. The third-order valence-electron chi connectivity index (χ3n) is 3.45. The van der Waals surface area contributed by atoms with Crippen LogP contribution >= 0.6 is 24.0 Å². The topological polar surface area (TPSA) is 59.6 Å². The number of methoxy groups -OCH3 is 1. The normalized spacial score (nSPS) is 18.1. The second-order valence-corrected chi connectivity index (χ2v) is 5.57. The van der Waals surface area contributed by atoms with E-state index in [9.17, 15) is 0 Å². The van der Waals surface area contributed by atoms with Crippen molar-refractivity contribution in [1.29, 1.82) is 0 Å². The van der Waals surface area contributed by atoms with Crippen LogP contribution in [0.2, 0.25) is 0 Å². The fourth-order valence-electron chi connectivity index (χ4n) is 2.56. The fourth-order valence-corrected chi connectivity index (χ4v) is 2.56. The van der Waals surface area contributed by atoms with Crippen molar-refractivity contribution in [3.8, 4) is 0 Å². The summed E-state index contributed by atoms with van der Waals surface area (Å²) >= 11 is 0. The van der Waals surface area contributed by atoms with Crippen LogP contribution in [0.4, 0.5) is 0 Å². The summed E-state index contributed by atoms with van der Waals surface area (Å²) in [4.78, 5) is 4.47. The summed E-state index contributed by atoms with van der Waals surface area (Å²) < 4.78 is 4.95. The first kappa shape index (κ1) is 18.0. The highest BCUT2D eigenvalue weighted by Gasteiger charge is 2.37. The molecule has 0 atom stereocenters. The molecule has 0 spiro atoms. The first-order chi connectivity index (χ1) is 8.08. The molecule has 3 N–H and O–H groups in total. The number of hydrogen-bond donors (Lipinski definition) is 2. The molecule has 0 unspecified atom stereocenters. The van der Waals surface area contributed by atoms with Crippen LogP contribution in [0.3, 0.4) is 0 Å². The number of nitrogens with one attached hydrogen (secondary N) is 1. The quantitative estimate of drug-likeness (QED) is 0.314. The molecule has 0 aromatic heterocycles. The fraction of sp³-hybridized carbons (Fsp3) is 0.923. The molecule has 1 fully saturated rings. The van der Waals surface area contributed by atoms with Crippen LogP contribution in [0.1, 0.15) is 39.5 Å². The number of ether oxygens (including phenoxy) is 1. The van der Waals surface area contributed by atoms with Gasteiger partial charge < -0.3 is 15.8 Å². The minimum Gasteiger partial charge on any atom is -0.383 e. The first-order valence-electron chi connectivity index (χ1n) is 6.61. The van der Waals surface area contributed by atoms with Gasteiger partial charge >= 0.3 is 0 Å². The summed E-state index contributed by atoms with van der Waals surface area (Å²) in [6.07, 6.45) is 5.22. The Labute approximate surface area is 128 Å². The smallest absolute Gasteiger partial charge is 0.188 e. The van der Waals surface area contributed by atoms with E-state index in [0.29, 0.717) is 18.0 Å². The molecule has 1 aliphatic rings. The second-order valence-electron chi connectivity index (χ2n) is 5.57. The van der Waals surface area contributed by atoms with Gasteiger partial charge in [-0.25, -0.2) is 0 Å². The molecule has 0 radical (unpaired) electrons. The lowest BCUT2D eigenvalue weighted by Crippen LogP contribution is -2.38. The van der Waals surface area contributed by atoms with Crippen LogP contribution in [0.5, 0.6) is 0 Å². The maximum absolute atomic E-state index is 5.81. The van der Waals surface area contributed by atoms with Crippen LogP contribution < -0.4 is 11.1 Å². The van der Waals surface area contributed by atoms with Crippen LogP contribution in [0.25, 0.3) is 0 Å². The predicted octanol–water partition coefficient (Wildman–Crippen LogP) is 2.37. The predicted molar refractivity (Wildman–Crippen MR) is 87.5 cm³/mol. The Balaban J connectivity index is 0.00000289. The van der Waals surface area contributed by atoms with E-state index >= 15 is 0 Å². The first-order valence-corrected chi connectivity index (χ1v) is 6.61. The number of nitrogens with two attached hydrogens (primary N) is 1. The Bertz CT molecular complexity index is 253. The molecule has 0 aromatic rings. The molecule has 5 heteroatoms. The SMILES string of the molecule is COCCNC(N)=NCC1(CC(C)C)CCC1.I. The van der Waals surface area contributed by atoms with E-state index in [-0.39, 0.29) is 24.0 Å². The van der Waals surface area contributed by atoms with Crippen molar-refractivity contribution in [3.05, 3.63) is 0 Å². The molecule has 0 bridgehead atoms. The van der Waals surface area contributed by atoms with Gasteiger partial charge in [0.1, 0.15) is 0 Å². The van der Waals surface area contributed by atoms with Gasteiger partial charge in [-0.05, 0) is 30.6 Å². The highest BCUT2D eigenvalue weighted by atomic mass is 127. The summed E-state index contributed by atoms with van der Waals surface area (Å²) in [5, 5.41) is 3.06. The second kappa shape index (κ2) is 8.96. The summed E-state index contributed by atoms with van der Waals surface area (Å²) in [6.45, 7) is 6.82. The molecule has 0 saturated heterocycles. The summed E-state index contributed by atoms with van der Waals surface area (Å²) in [7, 11) is 1.68. The largest absolute Gasteiger partial charge is 0.383 e. The van der Waals surface area contributed by atoms with Gasteiger partial charge in [-0.2, -0.15) is 0 Å². The zero-order valence-electron chi connectivity index (χ0n) is 11.9. The van der Waals surface area contributed by atoms with E-state index in [2.05, 4.69) is 24.2 Å². The number of rotatable bonds is 7. The van der Waals surface area contributed by atoms with Gasteiger partial charge in [-0.1, -0.05) is 20.3 Å². The maximum Gasteiger partial charge on any atom is 0.188 e. The highest BCUT2D eigenvalue weighted by molar-refractivity contribution is 14.0. The van der Waals surface area contributed by atoms with Gasteiger partial charge in [0, 0.05) is 20.2 Å². The minimum absolute atomic E-state index is 0. The van der Waals surface area contributed by atoms with E-state index in [4.69, 9.17) is 10.5 Å². The van der Waals surface area contributed by atoms with Crippen molar-refractivity contribution in [2.75, 3.05) is 26.8 Å². The molecule has 0 amide bonds. The number of nitrogens with zero attached hydrogens (tertiary/aromatic N) is 1. The van der Waals surface area contributed by atoms with Crippen molar-refractivity contribution >= 4 is 29.9 Å². The van der Waals surface area contributed by atoms with Gasteiger partial charge in [-0.3, -0.25) is 4.99 Å². The molecule has 0 aliphatic heterocycles. The van der Waals surface area contributed by atoms with Gasteiger partial charge in [0.2, 0.25) is 0 Å². The lowest BCUT2D eigenvalue weighted by molar-refractivity contribution is 0.111. The Morgan fingerprint density at radius 2 is 2.11 bits per heavy atom. The molecule has 1 saturated carbocycles. The molecule has 1 aliphatic carbocycles. The minimum atomic E-state index is 0. The zero-order chi connectivity index (χ0) is 12.7. The molecule has 0 heterocycles. The van der Waals surface area contributed by atoms with Crippen LogP contribution in [-0.4, -0.2) is 32.8 Å². The average molecular weight is 369 g/mol. The average Bonchev–Trinajstić information content (AvgIpc) is 2.22. The molecular weight excluding hydrogens is 341 g/mol. The molecule has 4 nitrogen and oxygen atoms in total. The Hall–Kier alpha value is -0.0400. The summed E-state index contributed by atoms with van der Waals surface area (Å²) in [5.41, 5.74) is 6.25. The third kappa shape index (κ3) is 6.22. The highest BCUT2D eigenvalue weighted by Crippen LogP contribution is 2.46. The molecule has 108 valence electrons. The van der Waals surface area contributed by atoms with Gasteiger partial charge in [0.15, 0.2) is 5.96 Å². The number of aliphatic imine (C=N–C) groups is 1. The van der Waals surface area contributed by atoms with Crippen molar-refractivity contribution < 1.29 is 4.74 Å². The molecular formula is C13H28IN3O. The lowest BCUT2D eigenvalue weighted by Gasteiger charge is -2.42. The van der Waals surface area contributed by atoms with E-state index in [1.54, 1.807) is 7.11 Å².